The number of halogens is 3. The first-order valence-corrected chi connectivity index (χ1v) is 7.72. The van der Waals surface area contributed by atoms with E-state index in [0.29, 0.717) is 16.8 Å². The molecule has 2 rings (SSSR count). The van der Waals surface area contributed by atoms with Crippen molar-refractivity contribution < 1.29 is 18.0 Å². The SMILES string of the molecule is CC1=C/C(=C/N=Nc2ccc(C(F)(F)F)cc2)C=C(C(C)(C)C)C1=O. The van der Waals surface area contributed by atoms with Crippen molar-refractivity contribution >= 4 is 11.5 Å². The molecule has 0 aromatic heterocycles. The Morgan fingerprint density at radius 3 is 2.12 bits per heavy atom. The Morgan fingerprint density at radius 2 is 1.60 bits per heavy atom. The monoisotopic (exact) mass is 348 g/mol. The third kappa shape index (κ3) is 4.75. The molecule has 0 unspecified atom stereocenters. The summed E-state index contributed by atoms with van der Waals surface area (Å²) in [6.07, 6.45) is 0.590. The summed E-state index contributed by atoms with van der Waals surface area (Å²) in [4.78, 5) is 12.2. The van der Waals surface area contributed by atoms with Gasteiger partial charge < -0.3 is 0 Å². The molecule has 0 bridgehead atoms. The van der Waals surface area contributed by atoms with E-state index in [2.05, 4.69) is 10.2 Å². The molecule has 0 saturated heterocycles. The van der Waals surface area contributed by atoms with Gasteiger partial charge in [0.1, 0.15) is 0 Å². The Labute approximate surface area is 144 Å². The highest BCUT2D eigenvalue weighted by Crippen LogP contribution is 2.33. The average molecular weight is 348 g/mol. The molecule has 132 valence electrons. The molecule has 1 aromatic carbocycles. The predicted octanol–water partition coefficient (Wildman–Crippen LogP) is 6.17. The highest BCUT2D eigenvalue weighted by Gasteiger charge is 2.30. The van der Waals surface area contributed by atoms with Crippen LogP contribution in [-0.4, -0.2) is 5.78 Å². The third-order valence-electron chi connectivity index (χ3n) is 3.68. The Hall–Kier alpha value is -2.50. The summed E-state index contributed by atoms with van der Waals surface area (Å²) in [5.41, 5.74) is 1.31. The number of nitrogens with zero attached hydrogens (tertiary/aromatic N) is 2. The normalized spacial score (nSPS) is 17.9. The molecule has 6 heteroatoms. The van der Waals surface area contributed by atoms with Crippen LogP contribution in [0.3, 0.4) is 0 Å². The van der Waals surface area contributed by atoms with Crippen molar-refractivity contribution in [2.24, 2.45) is 15.6 Å². The van der Waals surface area contributed by atoms with E-state index >= 15 is 0 Å². The molecule has 1 aliphatic carbocycles. The van der Waals surface area contributed by atoms with Crippen LogP contribution in [0, 0.1) is 5.41 Å². The van der Waals surface area contributed by atoms with Crippen LogP contribution in [0.2, 0.25) is 0 Å². The summed E-state index contributed by atoms with van der Waals surface area (Å²) in [7, 11) is 0. The molecular formula is C19H19F3N2O. The van der Waals surface area contributed by atoms with Gasteiger partial charge in [0.25, 0.3) is 0 Å². The Bertz CT molecular complexity index is 789. The zero-order chi connectivity index (χ0) is 18.8. The summed E-state index contributed by atoms with van der Waals surface area (Å²) in [5.74, 6) is 0.00401. The van der Waals surface area contributed by atoms with Crippen molar-refractivity contribution in [1.82, 2.24) is 0 Å². The average Bonchev–Trinajstić information content (AvgIpc) is 2.49. The number of Topliss-reactive ketones (excluding diaryl/α,β-unsaturated/α-hetero) is 1. The van der Waals surface area contributed by atoms with Crippen molar-refractivity contribution in [1.29, 1.82) is 0 Å². The van der Waals surface area contributed by atoms with Crippen LogP contribution in [-0.2, 0) is 11.0 Å². The Morgan fingerprint density at radius 1 is 1.00 bits per heavy atom. The third-order valence-corrected chi connectivity index (χ3v) is 3.68. The number of rotatable bonds is 2. The fourth-order valence-corrected chi connectivity index (χ4v) is 2.31. The first-order chi connectivity index (χ1) is 11.5. The number of carbonyl (C=O) groups is 1. The fourth-order valence-electron chi connectivity index (χ4n) is 2.31. The lowest BCUT2D eigenvalue weighted by atomic mass is 9.78. The van der Waals surface area contributed by atoms with Crippen molar-refractivity contribution in [3.8, 4) is 0 Å². The maximum Gasteiger partial charge on any atom is 0.416 e. The molecular weight excluding hydrogens is 329 g/mol. The zero-order valence-electron chi connectivity index (χ0n) is 14.5. The van der Waals surface area contributed by atoms with Gasteiger partial charge in [0, 0.05) is 5.57 Å². The van der Waals surface area contributed by atoms with E-state index in [1.807, 2.05) is 20.8 Å². The van der Waals surface area contributed by atoms with E-state index in [-0.39, 0.29) is 11.2 Å². The van der Waals surface area contributed by atoms with Crippen molar-refractivity contribution in [2.75, 3.05) is 0 Å². The van der Waals surface area contributed by atoms with E-state index in [4.69, 9.17) is 0 Å². The Balaban J connectivity index is 2.22. The topological polar surface area (TPSA) is 41.8 Å². The second kappa shape index (κ2) is 6.78. The number of benzene rings is 1. The van der Waals surface area contributed by atoms with Gasteiger partial charge in [-0.3, -0.25) is 4.79 Å². The molecule has 0 atom stereocenters. The molecule has 0 aliphatic heterocycles. The number of hydrogen-bond donors (Lipinski definition) is 0. The number of alkyl halides is 3. The van der Waals surface area contributed by atoms with E-state index in [1.54, 1.807) is 19.1 Å². The molecule has 0 fully saturated rings. The molecule has 3 nitrogen and oxygen atoms in total. The zero-order valence-corrected chi connectivity index (χ0v) is 14.5. The predicted molar refractivity (Wildman–Crippen MR) is 90.3 cm³/mol. The summed E-state index contributed by atoms with van der Waals surface area (Å²) < 4.78 is 37.5. The highest BCUT2D eigenvalue weighted by molar-refractivity contribution is 6.10. The molecule has 0 heterocycles. The van der Waals surface area contributed by atoms with Gasteiger partial charge in [-0.05, 0) is 59.9 Å². The highest BCUT2D eigenvalue weighted by atomic mass is 19.4. The number of ketones is 1. The molecule has 0 spiro atoms. The second-order valence-corrected chi connectivity index (χ2v) is 6.85. The summed E-state index contributed by atoms with van der Waals surface area (Å²) in [5, 5.41) is 7.81. The van der Waals surface area contributed by atoms with Gasteiger partial charge in [-0.1, -0.05) is 20.8 Å². The van der Waals surface area contributed by atoms with Gasteiger partial charge in [0.2, 0.25) is 0 Å². The van der Waals surface area contributed by atoms with Crippen LogP contribution in [0.1, 0.15) is 33.3 Å². The molecule has 0 saturated carbocycles. The van der Waals surface area contributed by atoms with Gasteiger partial charge in [0.15, 0.2) is 5.78 Å². The maximum atomic E-state index is 12.5. The number of azo groups is 1. The van der Waals surface area contributed by atoms with Gasteiger partial charge >= 0.3 is 6.18 Å². The van der Waals surface area contributed by atoms with E-state index in [0.717, 1.165) is 17.7 Å². The quantitative estimate of drug-likeness (QED) is 0.589. The lowest BCUT2D eigenvalue weighted by molar-refractivity contribution is -0.137. The fraction of sp³-hybridized carbons (Fsp3) is 0.316. The van der Waals surface area contributed by atoms with Crippen molar-refractivity contribution in [2.45, 2.75) is 33.9 Å². The molecule has 1 aromatic rings. The lowest BCUT2D eigenvalue weighted by Crippen LogP contribution is -2.21. The summed E-state index contributed by atoms with van der Waals surface area (Å²) in [6.45, 7) is 7.60. The summed E-state index contributed by atoms with van der Waals surface area (Å²) in [6, 6.07) is 4.43. The van der Waals surface area contributed by atoms with Crippen LogP contribution >= 0.6 is 0 Å². The lowest BCUT2D eigenvalue weighted by Gasteiger charge is -2.24. The van der Waals surface area contributed by atoms with Gasteiger partial charge in [0.05, 0.1) is 17.5 Å². The Kier molecular flexibility index (Phi) is 5.11. The first-order valence-electron chi connectivity index (χ1n) is 7.72. The summed E-state index contributed by atoms with van der Waals surface area (Å²) >= 11 is 0. The van der Waals surface area contributed by atoms with Crippen molar-refractivity contribution in [3.63, 3.8) is 0 Å². The second-order valence-electron chi connectivity index (χ2n) is 6.85. The molecule has 0 N–H and O–H groups in total. The van der Waals surface area contributed by atoms with E-state index < -0.39 is 11.7 Å². The molecule has 0 amide bonds. The smallest absolute Gasteiger partial charge is 0.289 e. The first kappa shape index (κ1) is 18.8. The number of allylic oxidation sites excluding steroid dienone is 5. The number of hydrogen-bond acceptors (Lipinski definition) is 3. The largest absolute Gasteiger partial charge is 0.416 e. The minimum atomic E-state index is -4.37. The molecule has 25 heavy (non-hydrogen) atoms. The van der Waals surface area contributed by atoms with Crippen molar-refractivity contribution in [3.05, 3.63) is 64.9 Å². The van der Waals surface area contributed by atoms with Crippen LogP contribution in [0.15, 0.2) is 69.6 Å². The van der Waals surface area contributed by atoms with Crippen LogP contribution in [0.4, 0.5) is 18.9 Å². The van der Waals surface area contributed by atoms with Crippen LogP contribution in [0.25, 0.3) is 0 Å². The van der Waals surface area contributed by atoms with Crippen LogP contribution < -0.4 is 0 Å². The van der Waals surface area contributed by atoms with Crippen LogP contribution in [0.5, 0.6) is 0 Å². The minimum absolute atomic E-state index is 0.00401. The van der Waals surface area contributed by atoms with E-state index in [1.165, 1.54) is 18.3 Å². The maximum absolute atomic E-state index is 12.5. The van der Waals surface area contributed by atoms with Gasteiger partial charge in [-0.2, -0.15) is 23.4 Å². The number of carbonyl (C=O) groups excluding carboxylic acids is 1. The van der Waals surface area contributed by atoms with Gasteiger partial charge in [-0.15, -0.1) is 0 Å². The molecule has 0 radical (unpaired) electrons. The van der Waals surface area contributed by atoms with Gasteiger partial charge in [-0.25, -0.2) is 0 Å². The minimum Gasteiger partial charge on any atom is -0.289 e. The van der Waals surface area contributed by atoms with E-state index in [9.17, 15) is 18.0 Å². The standard InChI is InChI=1S/C19H19F3N2O/c1-12-9-13(10-16(17(12)25)18(2,3)4)11-23-24-15-7-5-14(6-8-15)19(20,21)22/h5-11H,1-4H3/b13-11-,24-23?. The molecule has 1 aliphatic rings.